The number of carbonyl (C=O) groups excluding carboxylic acids is 1. The van der Waals surface area contributed by atoms with Crippen LogP contribution < -0.4 is 5.32 Å². The SMILES string of the molecule is COCCn1cc(CCC(=O)Nc2nn[nH]n2)c2ccccc21. The van der Waals surface area contributed by atoms with Crippen molar-refractivity contribution in [3.63, 3.8) is 0 Å². The highest BCUT2D eigenvalue weighted by Crippen LogP contribution is 2.22. The molecule has 120 valence electrons. The lowest BCUT2D eigenvalue weighted by Gasteiger charge is -2.03. The normalized spacial score (nSPS) is 11.0. The van der Waals surface area contributed by atoms with E-state index in [-0.39, 0.29) is 11.9 Å². The topological polar surface area (TPSA) is 97.7 Å². The summed E-state index contributed by atoms with van der Waals surface area (Å²) in [5.74, 6) is 0.0534. The number of nitrogens with one attached hydrogen (secondary N) is 2. The molecule has 0 bridgehead atoms. The first kappa shape index (κ1) is 15.2. The van der Waals surface area contributed by atoms with Crippen LogP contribution in [0.2, 0.25) is 0 Å². The smallest absolute Gasteiger partial charge is 0.269 e. The number of amides is 1. The minimum Gasteiger partial charge on any atom is -0.383 e. The van der Waals surface area contributed by atoms with Gasteiger partial charge in [0.15, 0.2) is 0 Å². The molecule has 0 saturated heterocycles. The summed E-state index contributed by atoms with van der Waals surface area (Å²) in [5.41, 5.74) is 2.29. The van der Waals surface area contributed by atoms with Crippen LogP contribution in [-0.2, 0) is 22.5 Å². The van der Waals surface area contributed by atoms with Crippen LogP contribution in [0, 0.1) is 0 Å². The number of benzene rings is 1. The van der Waals surface area contributed by atoms with Crippen LogP contribution in [0.3, 0.4) is 0 Å². The van der Waals surface area contributed by atoms with Gasteiger partial charge in [0, 0.05) is 37.2 Å². The summed E-state index contributed by atoms with van der Waals surface area (Å²) >= 11 is 0. The van der Waals surface area contributed by atoms with E-state index in [1.165, 1.54) is 0 Å². The molecule has 0 aliphatic heterocycles. The standard InChI is InChI=1S/C15H18N6O2/c1-23-9-8-21-10-11(12-4-2-3-5-13(12)21)6-7-14(22)16-15-17-19-20-18-15/h2-5,10H,6-9H2,1H3,(H2,16,17,18,19,20,22). The van der Waals surface area contributed by atoms with Gasteiger partial charge in [-0.15, -0.1) is 5.10 Å². The number of aryl methyl sites for hydroxylation is 1. The van der Waals surface area contributed by atoms with Crippen molar-refractivity contribution >= 4 is 22.8 Å². The molecule has 2 heterocycles. The monoisotopic (exact) mass is 314 g/mol. The zero-order chi connectivity index (χ0) is 16.1. The molecule has 3 rings (SSSR count). The van der Waals surface area contributed by atoms with Gasteiger partial charge in [-0.05, 0) is 23.3 Å². The van der Waals surface area contributed by atoms with Crippen molar-refractivity contribution in [3.8, 4) is 0 Å². The fourth-order valence-electron chi connectivity index (χ4n) is 2.55. The number of para-hydroxylation sites is 1. The number of aromatic nitrogens is 5. The molecule has 0 spiro atoms. The van der Waals surface area contributed by atoms with Gasteiger partial charge in [0.2, 0.25) is 5.91 Å². The predicted octanol–water partition coefficient (Wildman–Crippen LogP) is 1.37. The lowest BCUT2D eigenvalue weighted by molar-refractivity contribution is -0.116. The number of anilines is 1. The number of hydrogen-bond donors (Lipinski definition) is 2. The Labute approximate surface area is 132 Å². The number of hydrogen-bond acceptors (Lipinski definition) is 5. The number of tetrazole rings is 1. The molecule has 1 aromatic carbocycles. The van der Waals surface area contributed by atoms with Crippen LogP contribution in [0.5, 0.6) is 0 Å². The minimum absolute atomic E-state index is 0.139. The average Bonchev–Trinajstić information content (AvgIpc) is 3.19. The second-order valence-electron chi connectivity index (χ2n) is 5.14. The predicted molar refractivity (Wildman–Crippen MR) is 84.9 cm³/mol. The number of rotatable bonds is 7. The molecule has 0 unspecified atom stereocenters. The molecule has 0 atom stereocenters. The summed E-state index contributed by atoms with van der Waals surface area (Å²) in [4.78, 5) is 11.9. The summed E-state index contributed by atoms with van der Waals surface area (Å²) in [7, 11) is 1.69. The maximum Gasteiger partial charge on any atom is 0.269 e. The average molecular weight is 314 g/mol. The molecule has 0 fully saturated rings. The lowest BCUT2D eigenvalue weighted by atomic mass is 10.1. The van der Waals surface area contributed by atoms with E-state index in [2.05, 4.69) is 48.8 Å². The highest BCUT2D eigenvalue weighted by atomic mass is 16.5. The summed E-state index contributed by atoms with van der Waals surface area (Å²) in [6.07, 6.45) is 3.09. The van der Waals surface area contributed by atoms with Crippen molar-refractivity contribution in [1.29, 1.82) is 0 Å². The Morgan fingerprint density at radius 2 is 2.26 bits per heavy atom. The summed E-state index contributed by atoms with van der Waals surface area (Å²) < 4.78 is 7.31. The van der Waals surface area contributed by atoms with E-state index in [0.29, 0.717) is 19.4 Å². The molecule has 0 saturated carbocycles. The maximum atomic E-state index is 11.9. The van der Waals surface area contributed by atoms with Gasteiger partial charge in [-0.25, -0.2) is 0 Å². The summed E-state index contributed by atoms with van der Waals surface area (Å²) in [5, 5.41) is 16.9. The van der Waals surface area contributed by atoms with Gasteiger partial charge in [-0.2, -0.15) is 5.21 Å². The molecule has 0 aliphatic carbocycles. The third-order valence-electron chi connectivity index (χ3n) is 3.63. The molecule has 2 aromatic heterocycles. The zero-order valence-corrected chi connectivity index (χ0v) is 12.8. The Bertz CT molecular complexity index is 780. The fourth-order valence-corrected chi connectivity index (χ4v) is 2.55. The van der Waals surface area contributed by atoms with Crippen LogP contribution in [0.4, 0.5) is 5.95 Å². The van der Waals surface area contributed by atoms with Gasteiger partial charge < -0.3 is 9.30 Å². The van der Waals surface area contributed by atoms with Crippen LogP contribution in [0.25, 0.3) is 10.9 Å². The molecular formula is C15H18N6O2. The molecule has 23 heavy (non-hydrogen) atoms. The quantitative estimate of drug-likeness (QED) is 0.686. The second-order valence-corrected chi connectivity index (χ2v) is 5.14. The Morgan fingerprint density at radius 1 is 1.39 bits per heavy atom. The number of H-pyrrole nitrogens is 1. The van der Waals surface area contributed by atoms with Gasteiger partial charge in [0.1, 0.15) is 0 Å². The van der Waals surface area contributed by atoms with Gasteiger partial charge >= 0.3 is 0 Å². The molecule has 8 heteroatoms. The van der Waals surface area contributed by atoms with Crippen LogP contribution in [-0.4, -0.2) is 44.8 Å². The Kier molecular flexibility index (Phi) is 4.62. The first-order chi connectivity index (χ1) is 11.3. The molecule has 1 amide bonds. The van der Waals surface area contributed by atoms with Crippen LogP contribution in [0.1, 0.15) is 12.0 Å². The van der Waals surface area contributed by atoms with Crippen LogP contribution in [0.15, 0.2) is 30.5 Å². The van der Waals surface area contributed by atoms with E-state index < -0.39 is 0 Å². The molecular weight excluding hydrogens is 296 g/mol. The number of aromatic amines is 1. The van der Waals surface area contributed by atoms with Crippen molar-refractivity contribution in [1.82, 2.24) is 25.2 Å². The molecule has 2 N–H and O–H groups in total. The first-order valence-electron chi connectivity index (χ1n) is 7.37. The number of ether oxygens (including phenoxy) is 1. The van der Waals surface area contributed by atoms with Gasteiger partial charge in [-0.1, -0.05) is 23.3 Å². The molecule has 3 aromatic rings. The van der Waals surface area contributed by atoms with Crippen molar-refractivity contribution < 1.29 is 9.53 Å². The van der Waals surface area contributed by atoms with Crippen molar-refractivity contribution in [2.45, 2.75) is 19.4 Å². The largest absolute Gasteiger partial charge is 0.383 e. The number of fused-ring (bicyclic) bond motifs is 1. The lowest BCUT2D eigenvalue weighted by Crippen LogP contribution is -2.13. The minimum atomic E-state index is -0.139. The Balaban J connectivity index is 1.71. The van der Waals surface area contributed by atoms with Crippen molar-refractivity contribution in [3.05, 3.63) is 36.0 Å². The fraction of sp³-hybridized carbons (Fsp3) is 0.333. The van der Waals surface area contributed by atoms with Crippen molar-refractivity contribution in [2.75, 3.05) is 19.0 Å². The van der Waals surface area contributed by atoms with Gasteiger partial charge in [0.25, 0.3) is 5.95 Å². The van der Waals surface area contributed by atoms with Crippen molar-refractivity contribution in [2.24, 2.45) is 0 Å². The van der Waals surface area contributed by atoms with Crippen LogP contribution >= 0.6 is 0 Å². The maximum absolute atomic E-state index is 11.9. The Morgan fingerprint density at radius 3 is 3.04 bits per heavy atom. The molecule has 0 radical (unpaired) electrons. The molecule has 8 nitrogen and oxygen atoms in total. The zero-order valence-electron chi connectivity index (χ0n) is 12.8. The highest BCUT2D eigenvalue weighted by molar-refractivity contribution is 5.90. The van der Waals surface area contributed by atoms with E-state index >= 15 is 0 Å². The number of nitrogens with zero attached hydrogens (tertiary/aromatic N) is 4. The highest BCUT2D eigenvalue weighted by Gasteiger charge is 2.11. The third-order valence-corrected chi connectivity index (χ3v) is 3.63. The van der Waals surface area contributed by atoms with Gasteiger partial charge in [-0.3, -0.25) is 10.1 Å². The second kappa shape index (κ2) is 7.01. The van der Waals surface area contributed by atoms with E-state index in [1.807, 2.05) is 12.1 Å². The van der Waals surface area contributed by atoms with E-state index in [0.717, 1.165) is 23.0 Å². The molecule has 0 aliphatic rings. The summed E-state index contributed by atoms with van der Waals surface area (Å²) in [6, 6.07) is 8.17. The third kappa shape index (κ3) is 3.54. The van der Waals surface area contributed by atoms with E-state index in [1.54, 1.807) is 7.11 Å². The van der Waals surface area contributed by atoms with E-state index in [4.69, 9.17) is 4.74 Å². The Hall–Kier alpha value is -2.74. The van der Waals surface area contributed by atoms with Gasteiger partial charge in [0.05, 0.1) is 6.61 Å². The first-order valence-corrected chi connectivity index (χ1v) is 7.37. The number of methoxy groups -OCH3 is 1. The van der Waals surface area contributed by atoms with E-state index in [9.17, 15) is 4.79 Å². The summed E-state index contributed by atoms with van der Waals surface area (Å²) in [6.45, 7) is 1.43. The number of carbonyl (C=O) groups is 1.